The molecule has 2 heterocycles. The van der Waals surface area contributed by atoms with Gasteiger partial charge in [-0.1, -0.05) is 12.1 Å². The molecule has 0 amide bonds. The Balaban J connectivity index is 1.86. The summed E-state index contributed by atoms with van der Waals surface area (Å²) in [5.74, 6) is 1.15. The minimum Gasteiger partial charge on any atom is -0.495 e. The Labute approximate surface area is 144 Å². The number of ether oxygens (including phenoxy) is 2. The molecule has 0 atom stereocenters. The van der Waals surface area contributed by atoms with E-state index in [9.17, 15) is 4.79 Å². The standard InChI is InChI=1S/C18H18N4O3/c1-24-12-8-6-11(20-10-12)7-9-14(23)16-13-4-3-5-15(25-2)17(13)22-18(19)21-16/h3-6,8,10H,7,9H2,1-2H3,(H2,19,21,22). The summed E-state index contributed by atoms with van der Waals surface area (Å²) in [6.45, 7) is 0. The van der Waals surface area contributed by atoms with Gasteiger partial charge < -0.3 is 15.2 Å². The summed E-state index contributed by atoms with van der Waals surface area (Å²) < 4.78 is 10.4. The molecule has 7 heteroatoms. The zero-order valence-corrected chi connectivity index (χ0v) is 14.0. The Bertz CT molecular complexity index is 910. The molecule has 3 aromatic rings. The summed E-state index contributed by atoms with van der Waals surface area (Å²) in [6, 6.07) is 9.00. The van der Waals surface area contributed by atoms with Crippen LogP contribution in [0.4, 0.5) is 5.95 Å². The first-order valence-corrected chi connectivity index (χ1v) is 7.74. The Kier molecular flexibility index (Phi) is 4.74. The zero-order valence-electron chi connectivity index (χ0n) is 14.0. The Morgan fingerprint density at radius 1 is 1.12 bits per heavy atom. The highest BCUT2D eigenvalue weighted by Gasteiger charge is 2.16. The van der Waals surface area contributed by atoms with E-state index in [1.807, 2.05) is 12.1 Å². The lowest BCUT2D eigenvalue weighted by atomic mass is 10.1. The maximum absolute atomic E-state index is 12.7. The number of hydrogen-bond donors (Lipinski definition) is 1. The molecule has 0 bridgehead atoms. The highest BCUT2D eigenvalue weighted by Crippen LogP contribution is 2.26. The van der Waals surface area contributed by atoms with Crippen molar-refractivity contribution in [3.63, 3.8) is 0 Å². The van der Waals surface area contributed by atoms with Crippen LogP contribution in [-0.2, 0) is 6.42 Å². The van der Waals surface area contributed by atoms with Gasteiger partial charge in [0.1, 0.15) is 22.7 Å². The number of ketones is 1. The minimum absolute atomic E-state index is 0.0444. The van der Waals surface area contributed by atoms with Crippen molar-refractivity contribution in [3.05, 3.63) is 47.9 Å². The fourth-order valence-electron chi connectivity index (χ4n) is 2.56. The molecular formula is C18H18N4O3. The van der Waals surface area contributed by atoms with Gasteiger partial charge in [0.15, 0.2) is 5.78 Å². The predicted octanol–water partition coefficient (Wildman–Crippen LogP) is 2.44. The normalized spacial score (nSPS) is 10.6. The summed E-state index contributed by atoms with van der Waals surface area (Å²) in [6.07, 6.45) is 2.39. The number of carbonyl (C=O) groups is 1. The van der Waals surface area contributed by atoms with Gasteiger partial charge in [-0.25, -0.2) is 9.97 Å². The lowest BCUT2D eigenvalue weighted by Gasteiger charge is -2.09. The van der Waals surface area contributed by atoms with Gasteiger partial charge in [0.25, 0.3) is 0 Å². The number of Topliss-reactive ketones (excluding diaryl/α,β-unsaturated/α-hetero) is 1. The molecule has 25 heavy (non-hydrogen) atoms. The molecule has 128 valence electrons. The van der Waals surface area contributed by atoms with E-state index >= 15 is 0 Å². The third-order valence-corrected chi connectivity index (χ3v) is 3.83. The molecule has 1 aromatic carbocycles. The Morgan fingerprint density at radius 2 is 1.96 bits per heavy atom. The van der Waals surface area contributed by atoms with Gasteiger partial charge in [0.05, 0.1) is 20.4 Å². The second kappa shape index (κ2) is 7.12. The van der Waals surface area contributed by atoms with Crippen molar-refractivity contribution in [1.82, 2.24) is 15.0 Å². The maximum Gasteiger partial charge on any atom is 0.221 e. The molecule has 2 N–H and O–H groups in total. The number of anilines is 1. The Morgan fingerprint density at radius 3 is 2.64 bits per heavy atom. The van der Waals surface area contributed by atoms with E-state index in [4.69, 9.17) is 15.2 Å². The minimum atomic E-state index is -0.120. The number of nitrogen functional groups attached to an aromatic ring is 1. The second-order valence-corrected chi connectivity index (χ2v) is 5.40. The molecule has 0 fully saturated rings. The third kappa shape index (κ3) is 3.50. The van der Waals surface area contributed by atoms with Gasteiger partial charge in [0.2, 0.25) is 5.95 Å². The molecule has 0 aliphatic heterocycles. The summed E-state index contributed by atoms with van der Waals surface area (Å²) in [5, 5.41) is 0.626. The van der Waals surface area contributed by atoms with Gasteiger partial charge in [0, 0.05) is 17.5 Å². The number of benzene rings is 1. The van der Waals surface area contributed by atoms with Crippen molar-refractivity contribution in [1.29, 1.82) is 0 Å². The molecule has 3 rings (SSSR count). The molecule has 7 nitrogen and oxygen atoms in total. The van der Waals surface area contributed by atoms with Gasteiger partial charge >= 0.3 is 0 Å². The number of nitrogens with two attached hydrogens (primary N) is 1. The van der Waals surface area contributed by atoms with Crippen molar-refractivity contribution in [2.24, 2.45) is 0 Å². The van der Waals surface area contributed by atoms with E-state index in [0.717, 1.165) is 5.69 Å². The number of hydrogen-bond acceptors (Lipinski definition) is 7. The number of nitrogens with zero attached hydrogens (tertiary/aromatic N) is 3. The number of aromatic nitrogens is 3. The van der Waals surface area contributed by atoms with Gasteiger partial charge in [-0.15, -0.1) is 0 Å². The molecule has 0 aliphatic rings. The van der Waals surface area contributed by atoms with Crippen molar-refractivity contribution < 1.29 is 14.3 Å². The van der Waals surface area contributed by atoms with E-state index in [-0.39, 0.29) is 18.2 Å². The predicted molar refractivity (Wildman–Crippen MR) is 93.9 cm³/mol. The lowest BCUT2D eigenvalue weighted by molar-refractivity contribution is 0.0979. The first kappa shape index (κ1) is 16.6. The quantitative estimate of drug-likeness (QED) is 0.689. The smallest absolute Gasteiger partial charge is 0.221 e. The number of fused-ring (bicyclic) bond motifs is 1. The highest BCUT2D eigenvalue weighted by molar-refractivity contribution is 6.07. The summed E-state index contributed by atoms with van der Waals surface area (Å²) in [4.78, 5) is 25.3. The summed E-state index contributed by atoms with van der Waals surface area (Å²) in [7, 11) is 3.13. The van der Waals surface area contributed by atoms with Crippen LogP contribution in [0.15, 0.2) is 36.5 Å². The summed E-state index contributed by atoms with van der Waals surface area (Å²) >= 11 is 0. The number of pyridine rings is 1. The van der Waals surface area contributed by atoms with Crippen LogP contribution < -0.4 is 15.2 Å². The molecule has 0 unspecified atom stereocenters. The molecule has 0 aliphatic carbocycles. The Hall–Kier alpha value is -3.22. The van der Waals surface area contributed by atoms with Crippen molar-refractivity contribution in [2.75, 3.05) is 20.0 Å². The van der Waals surface area contributed by atoms with Crippen molar-refractivity contribution >= 4 is 22.6 Å². The lowest BCUT2D eigenvalue weighted by Crippen LogP contribution is -2.09. The van der Waals surface area contributed by atoms with Crippen LogP contribution in [0, 0.1) is 0 Å². The second-order valence-electron chi connectivity index (χ2n) is 5.40. The molecule has 0 spiro atoms. The monoisotopic (exact) mass is 338 g/mol. The van der Waals surface area contributed by atoms with E-state index in [2.05, 4.69) is 15.0 Å². The average Bonchev–Trinajstić information content (AvgIpc) is 2.65. The fourth-order valence-corrected chi connectivity index (χ4v) is 2.56. The number of carbonyl (C=O) groups excluding carboxylic acids is 1. The van der Waals surface area contributed by atoms with Crippen LogP contribution in [0.3, 0.4) is 0 Å². The van der Waals surface area contributed by atoms with Crippen molar-refractivity contribution in [2.45, 2.75) is 12.8 Å². The first-order chi connectivity index (χ1) is 12.1. The van der Waals surface area contributed by atoms with Gasteiger partial charge in [-0.2, -0.15) is 0 Å². The average molecular weight is 338 g/mol. The number of rotatable bonds is 6. The van der Waals surface area contributed by atoms with Gasteiger partial charge in [-0.3, -0.25) is 9.78 Å². The largest absolute Gasteiger partial charge is 0.495 e. The molecule has 2 aromatic heterocycles. The SMILES string of the molecule is COc1ccc(CCC(=O)c2nc(N)nc3c(OC)cccc23)nc1. The van der Waals surface area contributed by atoms with Crippen LogP contribution in [0.2, 0.25) is 0 Å². The van der Waals surface area contributed by atoms with Gasteiger partial charge in [-0.05, 0) is 24.6 Å². The topological polar surface area (TPSA) is 100 Å². The van der Waals surface area contributed by atoms with Crippen LogP contribution in [-0.4, -0.2) is 35.0 Å². The maximum atomic E-state index is 12.7. The number of aryl methyl sites for hydroxylation is 1. The molecular weight excluding hydrogens is 320 g/mol. The molecule has 0 saturated heterocycles. The van der Waals surface area contributed by atoms with E-state index in [1.54, 1.807) is 38.6 Å². The first-order valence-electron chi connectivity index (χ1n) is 7.74. The molecule has 0 radical (unpaired) electrons. The van der Waals surface area contributed by atoms with Crippen LogP contribution in [0.5, 0.6) is 11.5 Å². The summed E-state index contributed by atoms with van der Waals surface area (Å²) in [5.41, 5.74) is 7.40. The zero-order chi connectivity index (χ0) is 17.8. The van der Waals surface area contributed by atoms with Crippen LogP contribution in [0.1, 0.15) is 22.6 Å². The number of para-hydroxylation sites is 1. The number of methoxy groups -OCH3 is 2. The van der Waals surface area contributed by atoms with E-state index < -0.39 is 0 Å². The fraction of sp³-hybridized carbons (Fsp3) is 0.222. The van der Waals surface area contributed by atoms with Crippen LogP contribution in [0.25, 0.3) is 10.9 Å². The van der Waals surface area contributed by atoms with E-state index in [1.165, 1.54) is 0 Å². The highest BCUT2D eigenvalue weighted by atomic mass is 16.5. The van der Waals surface area contributed by atoms with Crippen LogP contribution >= 0.6 is 0 Å². The molecule has 0 saturated carbocycles. The third-order valence-electron chi connectivity index (χ3n) is 3.83. The van der Waals surface area contributed by atoms with Crippen molar-refractivity contribution in [3.8, 4) is 11.5 Å². The van der Waals surface area contributed by atoms with E-state index in [0.29, 0.717) is 34.5 Å².